The van der Waals surface area contributed by atoms with E-state index >= 15 is 0 Å². The maximum absolute atomic E-state index is 5.50. The summed E-state index contributed by atoms with van der Waals surface area (Å²) in [4.78, 5) is 0. The van der Waals surface area contributed by atoms with Gasteiger partial charge in [-0.2, -0.15) is 0 Å². The van der Waals surface area contributed by atoms with Gasteiger partial charge >= 0.3 is 0 Å². The summed E-state index contributed by atoms with van der Waals surface area (Å²) in [5, 5.41) is 3.69. The third-order valence-electron chi connectivity index (χ3n) is 4.54. The first kappa shape index (κ1) is 10.6. The fraction of sp³-hybridized carbons (Fsp3) is 0.857. The fourth-order valence-electron chi connectivity index (χ4n) is 3.67. The molecule has 2 nitrogen and oxygen atoms in total. The molecule has 0 aromatic rings. The van der Waals surface area contributed by atoms with Crippen LogP contribution in [0.25, 0.3) is 0 Å². The Kier molecular flexibility index (Phi) is 2.93. The highest BCUT2D eigenvalue weighted by Crippen LogP contribution is 2.55. The summed E-state index contributed by atoms with van der Waals surface area (Å²) in [7, 11) is 0. The predicted octanol–water partition coefficient (Wildman–Crippen LogP) is 2.70. The van der Waals surface area contributed by atoms with Crippen molar-refractivity contribution in [3.8, 4) is 0 Å². The van der Waals surface area contributed by atoms with Crippen molar-refractivity contribution in [1.82, 2.24) is 5.32 Å². The molecule has 2 aliphatic carbocycles. The van der Waals surface area contributed by atoms with Crippen LogP contribution < -0.4 is 5.32 Å². The SMILES string of the molecule is CCNC(C1=COCCC1)C1CC2CC2C1. The first-order valence-electron chi connectivity index (χ1n) is 6.92. The molecule has 1 N–H and O–H groups in total. The van der Waals surface area contributed by atoms with Gasteiger partial charge in [0.05, 0.1) is 12.9 Å². The molecule has 0 spiro atoms. The van der Waals surface area contributed by atoms with Crippen molar-refractivity contribution in [3.05, 3.63) is 11.8 Å². The summed E-state index contributed by atoms with van der Waals surface area (Å²) in [6.07, 6.45) is 8.92. The van der Waals surface area contributed by atoms with E-state index in [1.807, 2.05) is 6.26 Å². The molecule has 90 valence electrons. The third-order valence-corrected chi connectivity index (χ3v) is 4.54. The molecule has 0 radical (unpaired) electrons. The lowest BCUT2D eigenvalue weighted by Gasteiger charge is -2.29. The van der Waals surface area contributed by atoms with Crippen LogP contribution in [-0.4, -0.2) is 19.2 Å². The summed E-state index contributed by atoms with van der Waals surface area (Å²) < 4.78 is 5.50. The molecule has 0 bridgehead atoms. The molecule has 1 aliphatic heterocycles. The Labute approximate surface area is 98.4 Å². The zero-order valence-electron chi connectivity index (χ0n) is 10.2. The van der Waals surface area contributed by atoms with Crippen molar-refractivity contribution >= 4 is 0 Å². The van der Waals surface area contributed by atoms with Gasteiger partial charge in [0.1, 0.15) is 0 Å². The maximum atomic E-state index is 5.50. The van der Waals surface area contributed by atoms with Crippen LogP contribution in [0.5, 0.6) is 0 Å². The van der Waals surface area contributed by atoms with Gasteiger partial charge < -0.3 is 10.1 Å². The van der Waals surface area contributed by atoms with Crippen molar-refractivity contribution in [2.75, 3.05) is 13.2 Å². The summed E-state index contributed by atoms with van der Waals surface area (Å²) in [6.45, 7) is 4.21. The number of likely N-dealkylation sites (N-methyl/N-ethyl adjacent to an activating group) is 1. The topological polar surface area (TPSA) is 21.3 Å². The number of hydrogen-bond acceptors (Lipinski definition) is 2. The molecule has 1 heterocycles. The van der Waals surface area contributed by atoms with Gasteiger partial charge in [0.25, 0.3) is 0 Å². The molecule has 3 rings (SSSR count). The Morgan fingerprint density at radius 3 is 2.81 bits per heavy atom. The molecular weight excluding hydrogens is 198 g/mol. The molecule has 0 amide bonds. The fourth-order valence-corrected chi connectivity index (χ4v) is 3.67. The number of fused-ring (bicyclic) bond motifs is 1. The molecule has 0 aromatic heterocycles. The van der Waals surface area contributed by atoms with E-state index in [0.717, 1.165) is 30.9 Å². The van der Waals surface area contributed by atoms with Crippen LogP contribution in [0, 0.1) is 17.8 Å². The van der Waals surface area contributed by atoms with E-state index < -0.39 is 0 Å². The zero-order chi connectivity index (χ0) is 11.0. The zero-order valence-corrected chi connectivity index (χ0v) is 10.2. The first-order chi connectivity index (χ1) is 7.88. The van der Waals surface area contributed by atoms with Gasteiger partial charge in [0, 0.05) is 6.04 Å². The standard InChI is InChI=1S/C14H23NO/c1-2-15-14(10-4-3-5-16-9-10)13-7-11-6-12(11)8-13/h9,11-15H,2-8H2,1H3. The van der Waals surface area contributed by atoms with Crippen LogP contribution in [0.1, 0.15) is 39.0 Å². The van der Waals surface area contributed by atoms with E-state index in [0.29, 0.717) is 6.04 Å². The van der Waals surface area contributed by atoms with E-state index in [1.165, 1.54) is 37.7 Å². The highest BCUT2D eigenvalue weighted by molar-refractivity contribution is 5.15. The second kappa shape index (κ2) is 4.40. The van der Waals surface area contributed by atoms with Crippen LogP contribution in [0.4, 0.5) is 0 Å². The minimum atomic E-state index is 0.609. The van der Waals surface area contributed by atoms with Crippen LogP contribution in [0.2, 0.25) is 0 Å². The van der Waals surface area contributed by atoms with Gasteiger partial charge in [-0.05, 0) is 62.0 Å². The Morgan fingerprint density at radius 2 is 2.19 bits per heavy atom. The molecule has 3 unspecified atom stereocenters. The third kappa shape index (κ3) is 2.00. The maximum Gasteiger partial charge on any atom is 0.0876 e. The van der Waals surface area contributed by atoms with Crippen LogP contribution in [0.3, 0.4) is 0 Å². The molecule has 3 aliphatic rings. The number of nitrogens with one attached hydrogen (secondary N) is 1. The minimum absolute atomic E-state index is 0.609. The molecule has 2 saturated carbocycles. The highest BCUT2D eigenvalue weighted by atomic mass is 16.5. The number of hydrogen-bond donors (Lipinski definition) is 1. The van der Waals surface area contributed by atoms with Gasteiger partial charge in [0.2, 0.25) is 0 Å². The molecule has 3 atom stereocenters. The number of rotatable bonds is 4. The van der Waals surface area contributed by atoms with E-state index in [-0.39, 0.29) is 0 Å². The van der Waals surface area contributed by atoms with Gasteiger partial charge in [0.15, 0.2) is 0 Å². The van der Waals surface area contributed by atoms with Crippen LogP contribution in [0.15, 0.2) is 11.8 Å². The van der Waals surface area contributed by atoms with E-state index in [2.05, 4.69) is 12.2 Å². The van der Waals surface area contributed by atoms with Crippen molar-refractivity contribution in [2.45, 2.75) is 45.1 Å². The van der Waals surface area contributed by atoms with Crippen molar-refractivity contribution in [3.63, 3.8) is 0 Å². The molecule has 2 fully saturated rings. The van der Waals surface area contributed by atoms with Crippen molar-refractivity contribution < 1.29 is 4.74 Å². The Balaban J connectivity index is 1.67. The summed E-state index contributed by atoms with van der Waals surface area (Å²) >= 11 is 0. The van der Waals surface area contributed by atoms with Crippen molar-refractivity contribution in [2.24, 2.45) is 17.8 Å². The lowest BCUT2D eigenvalue weighted by atomic mass is 9.87. The van der Waals surface area contributed by atoms with E-state index in [1.54, 1.807) is 0 Å². The Morgan fingerprint density at radius 1 is 1.38 bits per heavy atom. The molecule has 2 heteroatoms. The summed E-state index contributed by atoms with van der Waals surface area (Å²) in [6, 6.07) is 0.609. The van der Waals surface area contributed by atoms with Gasteiger partial charge in [-0.3, -0.25) is 0 Å². The average molecular weight is 221 g/mol. The predicted molar refractivity (Wildman–Crippen MR) is 65.1 cm³/mol. The van der Waals surface area contributed by atoms with Gasteiger partial charge in [-0.25, -0.2) is 0 Å². The van der Waals surface area contributed by atoms with E-state index in [9.17, 15) is 0 Å². The molecule has 0 aromatic carbocycles. The Bertz CT molecular complexity index is 276. The smallest absolute Gasteiger partial charge is 0.0876 e. The Hall–Kier alpha value is -0.500. The lowest BCUT2D eigenvalue weighted by molar-refractivity contribution is 0.213. The average Bonchev–Trinajstić information content (AvgIpc) is 2.94. The monoisotopic (exact) mass is 221 g/mol. The van der Waals surface area contributed by atoms with Crippen LogP contribution in [-0.2, 0) is 4.74 Å². The second-order valence-corrected chi connectivity index (χ2v) is 5.69. The molecule has 16 heavy (non-hydrogen) atoms. The minimum Gasteiger partial charge on any atom is -0.501 e. The number of ether oxygens (including phenoxy) is 1. The quantitative estimate of drug-likeness (QED) is 0.788. The largest absolute Gasteiger partial charge is 0.501 e. The normalized spacial score (nSPS) is 38.6. The lowest BCUT2D eigenvalue weighted by Crippen LogP contribution is -2.38. The van der Waals surface area contributed by atoms with Gasteiger partial charge in [-0.1, -0.05) is 6.92 Å². The summed E-state index contributed by atoms with van der Waals surface area (Å²) in [5.41, 5.74) is 1.53. The van der Waals surface area contributed by atoms with Gasteiger partial charge in [-0.15, -0.1) is 0 Å². The first-order valence-corrected chi connectivity index (χ1v) is 6.92. The van der Waals surface area contributed by atoms with E-state index in [4.69, 9.17) is 4.74 Å². The molecule has 0 saturated heterocycles. The highest BCUT2D eigenvalue weighted by Gasteiger charge is 2.48. The summed E-state index contributed by atoms with van der Waals surface area (Å²) in [5.74, 6) is 3.05. The van der Waals surface area contributed by atoms with Crippen LogP contribution >= 0.6 is 0 Å². The molecular formula is C14H23NO. The van der Waals surface area contributed by atoms with Crippen molar-refractivity contribution in [1.29, 1.82) is 0 Å². The second-order valence-electron chi connectivity index (χ2n) is 5.69.